The normalized spacial score (nSPS) is 26.5. The molecular formula is C18H21N3O. The first-order chi connectivity index (χ1) is 10.7. The van der Waals surface area contributed by atoms with Gasteiger partial charge in [-0.3, -0.25) is 4.79 Å². The Hall–Kier alpha value is -1.94. The second kappa shape index (κ2) is 5.36. The summed E-state index contributed by atoms with van der Waals surface area (Å²) in [5.74, 6) is 0.602. The second-order valence-corrected chi connectivity index (χ2v) is 6.54. The number of Topliss-reactive ketones (excluding diaryl/α,β-unsaturated/α-hetero) is 1. The summed E-state index contributed by atoms with van der Waals surface area (Å²) in [7, 11) is 0. The molecule has 1 N–H and O–H groups in total. The molecule has 0 bridgehead atoms. The minimum atomic E-state index is 0.117. The zero-order valence-corrected chi connectivity index (χ0v) is 12.8. The molecular weight excluding hydrogens is 274 g/mol. The third-order valence-electron chi connectivity index (χ3n) is 5.07. The minimum absolute atomic E-state index is 0.117. The van der Waals surface area contributed by atoms with E-state index in [0.717, 1.165) is 25.1 Å². The molecule has 4 heteroatoms. The van der Waals surface area contributed by atoms with E-state index in [4.69, 9.17) is 0 Å². The number of imidazole rings is 1. The summed E-state index contributed by atoms with van der Waals surface area (Å²) >= 11 is 0. The standard InChI is InChI=1S/C18H21N3O/c1-12-8-13(6-7-20-12)18(22)9-16-14-4-2-3-5-15(14)17-10-19-11-21(16)17/h2-5,10-13,16,20H,6-9H2,1H3. The van der Waals surface area contributed by atoms with E-state index >= 15 is 0 Å². The predicted molar refractivity (Wildman–Crippen MR) is 85.6 cm³/mol. The fraction of sp³-hybridized carbons (Fsp3) is 0.444. The van der Waals surface area contributed by atoms with Crippen LogP contribution >= 0.6 is 0 Å². The maximum atomic E-state index is 12.8. The van der Waals surface area contributed by atoms with Gasteiger partial charge in [-0.25, -0.2) is 4.98 Å². The van der Waals surface area contributed by atoms with Crippen molar-refractivity contribution in [2.75, 3.05) is 6.54 Å². The number of benzene rings is 1. The highest BCUT2D eigenvalue weighted by atomic mass is 16.1. The smallest absolute Gasteiger partial charge is 0.138 e. The Morgan fingerprint density at radius 3 is 3.14 bits per heavy atom. The van der Waals surface area contributed by atoms with Gasteiger partial charge in [-0.2, -0.15) is 0 Å². The molecule has 1 saturated heterocycles. The lowest BCUT2D eigenvalue weighted by Crippen LogP contribution is -2.38. The molecule has 0 aliphatic carbocycles. The second-order valence-electron chi connectivity index (χ2n) is 6.54. The Morgan fingerprint density at radius 2 is 2.27 bits per heavy atom. The van der Waals surface area contributed by atoms with Crippen molar-refractivity contribution in [1.29, 1.82) is 0 Å². The van der Waals surface area contributed by atoms with E-state index in [1.807, 2.05) is 12.5 Å². The van der Waals surface area contributed by atoms with Crippen LogP contribution < -0.4 is 5.32 Å². The van der Waals surface area contributed by atoms with Gasteiger partial charge < -0.3 is 9.88 Å². The van der Waals surface area contributed by atoms with Crippen molar-refractivity contribution >= 4 is 5.78 Å². The van der Waals surface area contributed by atoms with Crippen LogP contribution in [0.2, 0.25) is 0 Å². The van der Waals surface area contributed by atoms with E-state index in [1.165, 1.54) is 11.1 Å². The van der Waals surface area contributed by atoms with E-state index in [0.29, 0.717) is 18.2 Å². The highest BCUT2D eigenvalue weighted by Gasteiger charge is 2.32. The van der Waals surface area contributed by atoms with Crippen molar-refractivity contribution in [2.24, 2.45) is 5.92 Å². The third kappa shape index (κ3) is 2.18. The number of carbonyl (C=O) groups is 1. The molecule has 22 heavy (non-hydrogen) atoms. The zero-order valence-electron chi connectivity index (χ0n) is 12.8. The van der Waals surface area contributed by atoms with Crippen LogP contribution in [-0.4, -0.2) is 27.9 Å². The predicted octanol–water partition coefficient (Wildman–Crippen LogP) is 2.80. The molecule has 0 saturated carbocycles. The van der Waals surface area contributed by atoms with E-state index in [9.17, 15) is 4.79 Å². The molecule has 114 valence electrons. The number of nitrogens with zero attached hydrogens (tertiary/aromatic N) is 2. The summed E-state index contributed by atoms with van der Waals surface area (Å²) in [6.07, 6.45) is 6.27. The van der Waals surface area contributed by atoms with E-state index < -0.39 is 0 Å². The van der Waals surface area contributed by atoms with Crippen LogP contribution in [0, 0.1) is 5.92 Å². The summed E-state index contributed by atoms with van der Waals surface area (Å²) in [5.41, 5.74) is 3.61. The van der Waals surface area contributed by atoms with E-state index in [-0.39, 0.29) is 12.0 Å². The van der Waals surface area contributed by atoms with Gasteiger partial charge in [0, 0.05) is 23.9 Å². The quantitative estimate of drug-likeness (QED) is 0.947. The highest BCUT2D eigenvalue weighted by Crippen LogP contribution is 2.41. The Balaban J connectivity index is 1.59. The van der Waals surface area contributed by atoms with Crippen molar-refractivity contribution in [1.82, 2.24) is 14.9 Å². The maximum absolute atomic E-state index is 12.8. The molecule has 3 atom stereocenters. The number of hydrogen-bond acceptors (Lipinski definition) is 3. The first kappa shape index (κ1) is 13.7. The lowest BCUT2D eigenvalue weighted by atomic mass is 9.86. The Kier molecular flexibility index (Phi) is 3.34. The lowest BCUT2D eigenvalue weighted by Gasteiger charge is -2.28. The van der Waals surface area contributed by atoms with Gasteiger partial charge in [-0.15, -0.1) is 0 Å². The van der Waals surface area contributed by atoms with Crippen LogP contribution in [0.15, 0.2) is 36.8 Å². The average Bonchev–Trinajstić information content (AvgIpc) is 3.10. The van der Waals surface area contributed by atoms with Gasteiger partial charge in [0.2, 0.25) is 0 Å². The molecule has 0 spiro atoms. The molecule has 1 aromatic carbocycles. The third-order valence-corrected chi connectivity index (χ3v) is 5.07. The van der Waals surface area contributed by atoms with Crippen molar-refractivity contribution in [3.8, 4) is 11.3 Å². The molecule has 0 amide bonds. The number of piperidine rings is 1. The van der Waals surface area contributed by atoms with E-state index in [1.54, 1.807) is 0 Å². The Bertz CT molecular complexity index is 706. The molecule has 2 aliphatic heterocycles. The Labute approximate surface area is 130 Å². The van der Waals surface area contributed by atoms with Crippen LogP contribution in [0.4, 0.5) is 0 Å². The van der Waals surface area contributed by atoms with Gasteiger partial charge in [-0.1, -0.05) is 24.3 Å². The first-order valence-electron chi connectivity index (χ1n) is 8.11. The molecule has 4 nitrogen and oxygen atoms in total. The monoisotopic (exact) mass is 295 g/mol. The Morgan fingerprint density at radius 1 is 1.41 bits per heavy atom. The number of hydrogen-bond donors (Lipinski definition) is 1. The van der Waals surface area contributed by atoms with Gasteiger partial charge in [0.1, 0.15) is 5.78 Å². The molecule has 3 heterocycles. The first-order valence-corrected chi connectivity index (χ1v) is 8.11. The summed E-state index contributed by atoms with van der Waals surface area (Å²) in [5, 5.41) is 3.42. The SMILES string of the molecule is CC1CC(C(=O)CC2c3ccccc3-c3cncn32)CCN1. The summed E-state index contributed by atoms with van der Waals surface area (Å²) in [4.78, 5) is 17.0. The maximum Gasteiger partial charge on any atom is 0.138 e. The van der Waals surface area contributed by atoms with E-state index in [2.05, 4.69) is 46.1 Å². The number of carbonyl (C=O) groups excluding carboxylic acids is 1. The van der Waals surface area contributed by atoms with Gasteiger partial charge in [0.25, 0.3) is 0 Å². The number of aromatic nitrogens is 2. The van der Waals surface area contributed by atoms with Crippen LogP contribution in [0.3, 0.4) is 0 Å². The summed E-state index contributed by atoms with van der Waals surface area (Å²) < 4.78 is 2.16. The molecule has 2 aromatic rings. The lowest BCUT2D eigenvalue weighted by molar-refractivity contribution is -0.124. The van der Waals surface area contributed by atoms with Gasteiger partial charge >= 0.3 is 0 Å². The number of fused-ring (bicyclic) bond motifs is 3. The van der Waals surface area contributed by atoms with Gasteiger partial charge in [0.05, 0.1) is 24.3 Å². The van der Waals surface area contributed by atoms with Crippen LogP contribution in [0.25, 0.3) is 11.3 Å². The largest absolute Gasteiger partial charge is 0.323 e. The highest BCUT2D eigenvalue weighted by molar-refractivity contribution is 5.83. The van der Waals surface area contributed by atoms with Crippen molar-refractivity contribution in [3.05, 3.63) is 42.4 Å². The van der Waals surface area contributed by atoms with Gasteiger partial charge in [0.15, 0.2) is 0 Å². The fourth-order valence-electron chi connectivity index (χ4n) is 3.92. The fourth-order valence-corrected chi connectivity index (χ4v) is 3.92. The average molecular weight is 295 g/mol. The van der Waals surface area contributed by atoms with Crippen LogP contribution in [0.1, 0.15) is 37.8 Å². The topological polar surface area (TPSA) is 46.9 Å². The van der Waals surface area contributed by atoms with Crippen molar-refractivity contribution < 1.29 is 4.79 Å². The van der Waals surface area contributed by atoms with Crippen molar-refractivity contribution in [3.63, 3.8) is 0 Å². The summed E-state index contributed by atoms with van der Waals surface area (Å²) in [6.45, 7) is 3.12. The van der Waals surface area contributed by atoms with Crippen LogP contribution in [-0.2, 0) is 4.79 Å². The number of nitrogens with one attached hydrogen (secondary N) is 1. The summed E-state index contributed by atoms with van der Waals surface area (Å²) in [6, 6.07) is 8.94. The van der Waals surface area contributed by atoms with Gasteiger partial charge in [-0.05, 0) is 31.9 Å². The molecule has 4 rings (SSSR count). The molecule has 3 unspecified atom stereocenters. The van der Waals surface area contributed by atoms with Crippen LogP contribution in [0.5, 0.6) is 0 Å². The molecule has 1 aromatic heterocycles. The van der Waals surface area contributed by atoms with Crippen molar-refractivity contribution in [2.45, 2.75) is 38.3 Å². The molecule has 0 radical (unpaired) electrons. The molecule has 1 fully saturated rings. The minimum Gasteiger partial charge on any atom is -0.323 e. The number of rotatable bonds is 3. The number of ketones is 1. The zero-order chi connectivity index (χ0) is 15.1. The molecule has 2 aliphatic rings.